The minimum Gasteiger partial charge on any atom is -0.373 e. The van der Waals surface area contributed by atoms with Gasteiger partial charge in [-0.2, -0.15) is 0 Å². The Morgan fingerprint density at radius 3 is 0.647 bits per heavy atom. The normalized spacial score (nSPS) is 27.2. The fourth-order valence-electron chi connectivity index (χ4n) is 24.0. The summed E-state index contributed by atoms with van der Waals surface area (Å²) in [4.78, 5) is 0. The van der Waals surface area contributed by atoms with Crippen molar-refractivity contribution in [1.82, 2.24) is 21.3 Å². The highest BCUT2D eigenvalue weighted by atomic mass is 16.5. The summed E-state index contributed by atoms with van der Waals surface area (Å²) in [6, 6.07) is 90.0. The molecule has 30 aliphatic rings. The summed E-state index contributed by atoms with van der Waals surface area (Å²) in [7, 11) is 0. The van der Waals surface area contributed by atoms with E-state index in [1.807, 2.05) is 125 Å². The van der Waals surface area contributed by atoms with Gasteiger partial charge in [0.2, 0.25) is 0 Å². The lowest BCUT2D eigenvalue weighted by atomic mass is 9.67. The lowest BCUT2D eigenvalue weighted by molar-refractivity contribution is -0.0143. The Bertz CT molecular complexity index is 4310. The molecule has 744 valence electrons. The molecule has 8 heteroatoms. The van der Waals surface area contributed by atoms with Crippen LogP contribution in [0.1, 0.15) is 453 Å². The van der Waals surface area contributed by atoms with Crippen LogP contribution in [0.25, 0.3) is 0 Å². The minimum absolute atomic E-state index is 0. The second kappa shape index (κ2) is 57.6. The topological polar surface area (TPSA) is 85.0 Å². The van der Waals surface area contributed by atoms with Crippen molar-refractivity contribution in [3.05, 3.63) is 415 Å². The van der Waals surface area contributed by atoms with Gasteiger partial charge in [-0.25, -0.2) is 0 Å². The fraction of sp³-hybridized carbons (Fsp3) is 0.466. The molecular weight excluding hydrogens is 1690 g/mol. The van der Waals surface area contributed by atoms with E-state index in [0.717, 1.165) is 75.0 Å². The first-order valence-corrected chi connectivity index (χ1v) is 55.2. The third kappa shape index (κ3) is 26.2. The van der Waals surface area contributed by atoms with Crippen molar-refractivity contribution in [2.45, 2.75) is 342 Å². The average Bonchev–Trinajstić information content (AvgIpc) is 0.848. The van der Waals surface area contributed by atoms with Crippen LogP contribution >= 0.6 is 0 Å². The Balaban J connectivity index is 0.000000145. The van der Waals surface area contributed by atoms with Gasteiger partial charge in [0.05, 0.1) is 50.7 Å². The second-order valence-electron chi connectivity index (χ2n) is 36.9. The van der Waals surface area contributed by atoms with Crippen molar-refractivity contribution in [2.75, 3.05) is 52.6 Å². The lowest BCUT2D eigenvalue weighted by Gasteiger charge is -2.39. The molecule has 16 heterocycles. The third-order valence-electron chi connectivity index (χ3n) is 30.3. The summed E-state index contributed by atoms with van der Waals surface area (Å²) in [5, 5.41) is 14.1. The number of hydrogen-bond acceptors (Lipinski definition) is 8. The summed E-state index contributed by atoms with van der Waals surface area (Å²) >= 11 is 0. The van der Waals surface area contributed by atoms with E-state index in [1.54, 1.807) is 55.6 Å². The van der Waals surface area contributed by atoms with E-state index in [-0.39, 0.29) is 19.6 Å². The zero-order valence-corrected chi connectivity index (χ0v) is 87.6. The van der Waals surface area contributed by atoms with Gasteiger partial charge in [-0.1, -0.05) is 435 Å². The number of hydrogen-bond donors (Lipinski definition) is 4. The number of nitrogens with one attached hydrogen (secondary N) is 4. The van der Waals surface area contributed by atoms with Crippen molar-refractivity contribution < 1.29 is 18.9 Å². The van der Waals surface area contributed by atoms with Crippen molar-refractivity contribution in [3.8, 4) is 0 Å². The molecule has 0 aromatic heterocycles. The van der Waals surface area contributed by atoms with Crippen LogP contribution in [0.3, 0.4) is 0 Å². The lowest BCUT2D eigenvalue weighted by Crippen LogP contribution is -2.38. The molecule has 8 nitrogen and oxygen atoms in total. The zero-order valence-electron chi connectivity index (χ0n) is 87.6. The molecule has 18 atom stereocenters. The summed E-state index contributed by atoms with van der Waals surface area (Å²) in [6.07, 6.45) is 43.1. The highest BCUT2D eigenvalue weighted by Gasteiger charge is 2.39. The van der Waals surface area contributed by atoms with Crippen molar-refractivity contribution >= 4 is 0 Å². The fourth-order valence-corrected chi connectivity index (χ4v) is 24.0. The maximum atomic E-state index is 5.70. The number of piperidine rings is 2. The van der Waals surface area contributed by atoms with E-state index in [4.69, 9.17) is 18.9 Å². The first-order chi connectivity index (χ1) is 68.5. The molecule has 4 saturated heterocycles. The molecule has 16 aliphatic heterocycles. The molecule has 40 rings (SSSR count). The molecule has 5 fully saturated rings. The van der Waals surface area contributed by atoms with Crippen molar-refractivity contribution in [3.63, 3.8) is 0 Å². The Labute approximate surface area is 843 Å². The quantitative estimate of drug-likeness (QED) is 0.112. The first kappa shape index (κ1) is 110. The van der Waals surface area contributed by atoms with Gasteiger partial charge in [0.1, 0.15) is 12.2 Å². The van der Waals surface area contributed by atoms with Gasteiger partial charge in [-0.05, 0) is 225 Å². The largest absolute Gasteiger partial charge is 0.373 e. The Kier molecular flexibility index (Phi) is 45.6. The molecule has 10 aromatic rings. The summed E-state index contributed by atoms with van der Waals surface area (Å²) in [5.74, 6) is 8.49. The van der Waals surface area contributed by atoms with E-state index < -0.39 is 0 Å². The third-order valence-corrected chi connectivity index (χ3v) is 30.3. The number of allylic oxidation sites excluding steroid dienone is 2. The van der Waals surface area contributed by atoms with Crippen LogP contribution in [0.4, 0.5) is 0 Å². The Hall–Kier alpha value is -9.42. The van der Waals surface area contributed by atoms with E-state index in [0.29, 0.717) is 71.9 Å². The smallest absolute Gasteiger partial charge is 0.101 e. The molecule has 10 aromatic carbocycles. The molecule has 1 saturated carbocycles. The van der Waals surface area contributed by atoms with Crippen LogP contribution in [0.15, 0.2) is 303 Å². The number of ether oxygens (including phenoxy) is 4. The SMILES string of the molecule is C.C1=CC2CCC1c1ccccc12.C1=CC2NCC1c1ccccc12.C1=CC2NCC1c1ccccc12.C1=CC2OCC1c1ccccc12.C1=CC2OCC1c1ccccc12.CC.CC.CC.CC.CC.CC.CC.CC.CC.c1ccc2c(c1)C1CCC2CC1.c1ccc2c(c1)C1CCC2NC1.c1ccc2c(c1)C1CCC2NC1.c1ccc2c(c1)C1CCC2OC1.c1ccc2c(c1)C1CCC2OC1. The molecule has 14 aliphatic carbocycles. The van der Waals surface area contributed by atoms with Gasteiger partial charge in [-0.15, -0.1) is 0 Å². The summed E-state index contributed by atoms with van der Waals surface area (Å²) in [6.45, 7) is 44.2. The van der Waals surface area contributed by atoms with Gasteiger partial charge in [0.15, 0.2) is 0 Å². The molecule has 0 radical (unpaired) electrons. The van der Waals surface area contributed by atoms with E-state index >= 15 is 0 Å². The van der Waals surface area contributed by atoms with E-state index in [2.05, 4.69) is 325 Å². The van der Waals surface area contributed by atoms with Gasteiger partial charge in [-0.3, -0.25) is 0 Å². The van der Waals surface area contributed by atoms with Crippen LogP contribution in [0.2, 0.25) is 0 Å². The molecule has 4 N–H and O–H groups in total. The number of fused-ring (bicyclic) bond motifs is 15. The molecule has 139 heavy (non-hydrogen) atoms. The number of benzene rings is 10. The van der Waals surface area contributed by atoms with Crippen LogP contribution < -0.4 is 21.3 Å². The zero-order chi connectivity index (χ0) is 97.7. The maximum absolute atomic E-state index is 5.70. The van der Waals surface area contributed by atoms with Gasteiger partial charge in [0.25, 0.3) is 0 Å². The highest BCUT2D eigenvalue weighted by Crippen LogP contribution is 2.52. The van der Waals surface area contributed by atoms with Crippen LogP contribution in [0, 0.1) is 0 Å². The van der Waals surface area contributed by atoms with Gasteiger partial charge >= 0.3 is 0 Å². The molecule has 18 unspecified atom stereocenters. The van der Waals surface area contributed by atoms with Crippen LogP contribution in [-0.2, 0) is 18.9 Å². The molecule has 0 spiro atoms. The Morgan fingerprint density at radius 2 is 0.410 bits per heavy atom. The predicted octanol–water partition coefficient (Wildman–Crippen LogP) is 35.0. The van der Waals surface area contributed by atoms with Crippen LogP contribution in [-0.4, -0.2) is 52.6 Å². The van der Waals surface area contributed by atoms with E-state index in [1.165, 1.54) is 159 Å². The first-order valence-electron chi connectivity index (χ1n) is 55.2. The minimum atomic E-state index is 0. The van der Waals surface area contributed by atoms with Gasteiger partial charge in [0, 0.05) is 85.6 Å². The molecule has 20 bridgehead atoms. The summed E-state index contributed by atoms with van der Waals surface area (Å²) in [5.41, 5.74) is 30.4. The average molecular weight is 1870 g/mol. The van der Waals surface area contributed by atoms with Crippen molar-refractivity contribution in [2.24, 2.45) is 0 Å². The molecular formula is C131H176N4O4. The van der Waals surface area contributed by atoms with Crippen molar-refractivity contribution in [1.29, 1.82) is 0 Å². The standard InChI is InChI=1S/C12H14.C12H12.2C11H13N.2C11H11N.2C11H12O.2C11H10O.9C2H6.CH4/c2*1-2-4-12-10-7-5-9(6-8-10)11(12)3-1;8*1-2-4-10-9(3-1)8-5-6-11(10)12-7-8;9*1-2;/h1-4,9-10H,5-8H2;1-5,7,9-10H,6,8H2;2*1-4,8,11-12H,5-7H2;2*1-6,8,11-12H,7H2;2*1-4,8,11H,5-7H2;2*1-6,8,11H,7H2;9*1-2H3;1H4. The highest BCUT2D eigenvalue weighted by molar-refractivity contribution is 5.50. The maximum Gasteiger partial charge on any atom is 0.101 e. The summed E-state index contributed by atoms with van der Waals surface area (Å²) < 4.78 is 22.6. The predicted molar refractivity (Wildman–Crippen MR) is 594 cm³/mol. The van der Waals surface area contributed by atoms with Gasteiger partial charge < -0.3 is 40.2 Å². The van der Waals surface area contributed by atoms with E-state index in [9.17, 15) is 0 Å². The van der Waals surface area contributed by atoms with Crippen LogP contribution in [0.5, 0.6) is 0 Å². The monoisotopic (exact) mass is 1870 g/mol. The number of rotatable bonds is 0. The molecule has 0 amide bonds. The second-order valence-corrected chi connectivity index (χ2v) is 36.9. The Morgan fingerprint density at radius 1 is 0.173 bits per heavy atom.